The van der Waals surface area contributed by atoms with Gasteiger partial charge in [0.1, 0.15) is 28.7 Å². The van der Waals surface area contributed by atoms with E-state index in [-0.39, 0.29) is 86.7 Å². The maximum absolute atomic E-state index is 13.0. The Morgan fingerprint density at radius 2 is 1.17 bits per heavy atom. The van der Waals surface area contributed by atoms with E-state index in [1.165, 1.54) is 49.0 Å². The molecule has 2 aromatic rings. The standard InChI is InChI=1S/C23H35F3O5SSi2.C21H30O2.C5H11.BrH.Mg/c1-15(2)18-11-10-16(3)12-19(18)22-20(30-33(4,5)6)13-17(14-21(22)31-34(7,8)9)29-32(27,28)23(24,25)26;1-5-6-7-8-16-12-19(22)21(20(23)13-16)18-11-15(4)9-10-17(18)14(2)3;1-3-5-4-2;;/h12-14,18-19H,1,10-11H2,2-9H3;11-13,17-18,22-23H,2,5-10H2,1,3-4H3;1,3-5H2,2H3;1H;/q;;-1;;+2/p-1/t18-,19+;17-,18+;;;/m00.../s1. The Kier molecular flexibility index (Phi) is 26.1. The van der Waals surface area contributed by atoms with E-state index in [4.69, 9.17) is 8.85 Å². The summed E-state index contributed by atoms with van der Waals surface area (Å²) in [6.07, 6.45) is 16.2. The van der Waals surface area contributed by atoms with Gasteiger partial charge in [-0.3, -0.25) is 0 Å². The predicted molar refractivity (Wildman–Crippen MR) is 262 cm³/mol. The first-order valence-electron chi connectivity index (χ1n) is 22.1. The average molecular weight is 1030 g/mol. The molecule has 2 aliphatic rings. The maximum Gasteiger partial charge on any atom is 2.00 e. The fraction of sp³-hybridized carbons (Fsp3) is 0.571. The minimum Gasteiger partial charge on any atom is -1.00 e. The number of alkyl halides is 3. The zero-order valence-corrected chi connectivity index (χ0v) is 46.6. The Balaban J connectivity index is 0.00000115. The SMILES string of the molecule is C=C(C)[C@@H]1CCC(C)=C[C@H]1c1c(O)cc(CCCCC)cc1O.C=C(C)[C@@H]1CCC(C)=C[C@H]1c1c(O[Si](C)(C)C)cc(OS(=O)(=O)C(F)(F)F)cc1O[Si](C)(C)C.[Br-].[CH2-]CCCC.[Mg+2]. The number of aryl methyl sites for hydroxylation is 1. The maximum atomic E-state index is 13.0. The molecular formula is C49H76BrF3MgO7SSi2. The number of allylic oxidation sites excluding steroid dienone is 6. The van der Waals surface area contributed by atoms with Gasteiger partial charge < -0.3 is 47.2 Å². The van der Waals surface area contributed by atoms with E-state index in [0.717, 1.165) is 61.7 Å². The number of aromatic hydroxyl groups is 2. The molecule has 0 aromatic heterocycles. The van der Waals surface area contributed by atoms with Crippen LogP contribution in [0.3, 0.4) is 0 Å². The number of phenolic OH excluding ortho intramolecular Hbond substituents is 2. The van der Waals surface area contributed by atoms with Crippen molar-refractivity contribution in [3.63, 3.8) is 0 Å². The quantitative estimate of drug-likeness (QED) is 0.0431. The van der Waals surface area contributed by atoms with Crippen molar-refractivity contribution in [1.82, 2.24) is 0 Å². The Bertz CT molecular complexity index is 1950. The summed E-state index contributed by atoms with van der Waals surface area (Å²) in [5, 5.41) is 21.1. The van der Waals surface area contributed by atoms with Crippen LogP contribution in [-0.4, -0.2) is 63.8 Å². The number of benzene rings is 2. The third kappa shape index (κ3) is 19.6. The van der Waals surface area contributed by atoms with Crippen LogP contribution in [-0.2, 0) is 16.5 Å². The van der Waals surface area contributed by atoms with E-state index in [9.17, 15) is 31.8 Å². The van der Waals surface area contributed by atoms with E-state index in [1.54, 1.807) is 0 Å². The Labute approximate surface area is 413 Å². The summed E-state index contributed by atoms with van der Waals surface area (Å²) in [5.74, 6) is 0.698. The normalized spacial score (nSPS) is 18.8. The summed E-state index contributed by atoms with van der Waals surface area (Å²) in [6.45, 7) is 36.1. The molecule has 0 radical (unpaired) electrons. The Morgan fingerprint density at radius 3 is 1.50 bits per heavy atom. The van der Waals surface area contributed by atoms with Gasteiger partial charge in [0.05, 0.1) is 0 Å². The van der Waals surface area contributed by atoms with Crippen molar-refractivity contribution < 1.29 is 61.8 Å². The fourth-order valence-electron chi connectivity index (χ4n) is 7.76. The van der Waals surface area contributed by atoms with Crippen LogP contribution in [0.1, 0.15) is 134 Å². The number of phenols is 2. The summed E-state index contributed by atoms with van der Waals surface area (Å²) in [4.78, 5) is 0. The van der Waals surface area contributed by atoms with Crippen LogP contribution < -0.4 is 30.0 Å². The molecule has 0 bridgehead atoms. The molecule has 0 saturated carbocycles. The van der Waals surface area contributed by atoms with Crippen LogP contribution >= 0.6 is 0 Å². The molecule has 0 saturated heterocycles. The molecule has 358 valence electrons. The average Bonchev–Trinajstić information content (AvgIpc) is 3.10. The van der Waals surface area contributed by atoms with Crippen molar-refractivity contribution >= 4 is 49.8 Å². The molecule has 0 fully saturated rings. The van der Waals surface area contributed by atoms with Crippen molar-refractivity contribution in [3.8, 4) is 28.7 Å². The molecule has 15 heteroatoms. The molecule has 4 rings (SSSR count). The minimum atomic E-state index is -5.86. The van der Waals surface area contributed by atoms with E-state index >= 15 is 0 Å². The van der Waals surface area contributed by atoms with Crippen molar-refractivity contribution in [1.29, 1.82) is 0 Å². The van der Waals surface area contributed by atoms with Crippen LogP contribution in [0.25, 0.3) is 0 Å². The molecule has 0 heterocycles. The van der Waals surface area contributed by atoms with Crippen LogP contribution in [0.5, 0.6) is 28.7 Å². The summed E-state index contributed by atoms with van der Waals surface area (Å²) in [7, 11) is -10.4. The predicted octanol–water partition coefficient (Wildman–Crippen LogP) is 11.8. The molecule has 0 unspecified atom stereocenters. The molecule has 2 aliphatic carbocycles. The first kappa shape index (κ1) is 61.8. The smallest absolute Gasteiger partial charge is 1.00 e. The molecule has 2 N–H and O–H groups in total. The molecule has 0 aliphatic heterocycles. The number of unbranched alkanes of at least 4 members (excludes halogenated alkanes) is 4. The summed E-state index contributed by atoms with van der Waals surface area (Å²) >= 11 is 0. The van der Waals surface area contributed by atoms with Crippen molar-refractivity contribution in [3.05, 3.63) is 95.5 Å². The van der Waals surface area contributed by atoms with E-state index < -0.39 is 38.0 Å². The van der Waals surface area contributed by atoms with Gasteiger partial charge in [-0.1, -0.05) is 87.1 Å². The van der Waals surface area contributed by atoms with Crippen LogP contribution in [0.2, 0.25) is 39.3 Å². The second-order valence-corrected chi connectivity index (χ2v) is 29.4. The van der Waals surface area contributed by atoms with E-state index in [1.807, 2.05) is 72.2 Å². The molecule has 0 spiro atoms. The van der Waals surface area contributed by atoms with Crippen molar-refractivity contribution in [2.24, 2.45) is 11.8 Å². The molecule has 4 atom stereocenters. The van der Waals surface area contributed by atoms with Gasteiger partial charge in [-0.15, -0.1) is 0 Å². The molecule has 0 amide bonds. The largest absolute Gasteiger partial charge is 2.00 e. The summed E-state index contributed by atoms with van der Waals surface area (Å²) < 4.78 is 79.7. The number of hydrogen-bond donors (Lipinski definition) is 2. The van der Waals surface area contributed by atoms with Gasteiger partial charge in [0.2, 0.25) is 16.6 Å². The van der Waals surface area contributed by atoms with Gasteiger partial charge in [0.15, 0.2) is 0 Å². The summed E-state index contributed by atoms with van der Waals surface area (Å²) in [6, 6.07) is 6.14. The Hall–Kier alpha value is -2.18. The third-order valence-corrected chi connectivity index (χ3v) is 13.3. The van der Waals surface area contributed by atoms with Gasteiger partial charge in [-0.25, -0.2) is 0 Å². The minimum absolute atomic E-state index is 0. The van der Waals surface area contributed by atoms with E-state index in [0.29, 0.717) is 11.1 Å². The molecule has 7 nitrogen and oxygen atoms in total. The van der Waals surface area contributed by atoms with Gasteiger partial charge in [0.25, 0.3) is 0 Å². The van der Waals surface area contributed by atoms with E-state index in [2.05, 4.69) is 57.2 Å². The van der Waals surface area contributed by atoms with Gasteiger partial charge in [-0.2, -0.15) is 28.0 Å². The fourth-order valence-corrected chi connectivity index (χ4v) is 9.86. The van der Waals surface area contributed by atoms with Gasteiger partial charge in [0, 0.05) is 35.1 Å². The van der Waals surface area contributed by atoms with Crippen molar-refractivity contribution in [2.45, 2.75) is 169 Å². The van der Waals surface area contributed by atoms with Gasteiger partial charge >= 0.3 is 38.7 Å². The van der Waals surface area contributed by atoms with Crippen LogP contribution in [0, 0.1) is 18.8 Å². The Morgan fingerprint density at radius 1 is 0.766 bits per heavy atom. The van der Waals surface area contributed by atoms with Gasteiger partial charge in [-0.05, 0) is 135 Å². The van der Waals surface area contributed by atoms with Crippen LogP contribution in [0.4, 0.5) is 13.2 Å². The zero-order chi connectivity index (χ0) is 47.4. The van der Waals surface area contributed by atoms with Crippen molar-refractivity contribution in [2.75, 3.05) is 0 Å². The second-order valence-electron chi connectivity index (χ2n) is 19.0. The zero-order valence-electron chi connectivity index (χ0n) is 40.7. The number of halogens is 4. The monoisotopic (exact) mass is 1020 g/mol. The molecular weight excluding hydrogens is 950 g/mol. The molecule has 64 heavy (non-hydrogen) atoms. The third-order valence-electron chi connectivity index (χ3n) is 10.7. The second kappa shape index (κ2) is 27.0. The summed E-state index contributed by atoms with van der Waals surface area (Å²) in [5.41, 5.74) is 1.40. The first-order chi connectivity index (χ1) is 28.5. The first-order valence-corrected chi connectivity index (χ1v) is 30.3. The number of hydrogen-bond acceptors (Lipinski definition) is 7. The van der Waals surface area contributed by atoms with Crippen LogP contribution in [0.15, 0.2) is 71.9 Å². The molecule has 2 aromatic carbocycles. The number of rotatable bonds is 16. The topological polar surface area (TPSA) is 102 Å².